The van der Waals surface area contributed by atoms with Crippen molar-refractivity contribution in [2.24, 2.45) is 5.84 Å². The highest BCUT2D eigenvalue weighted by Gasteiger charge is 2.19. The molecule has 2 nitrogen and oxygen atoms in total. The van der Waals surface area contributed by atoms with Crippen LogP contribution in [0, 0.1) is 0 Å². The van der Waals surface area contributed by atoms with E-state index in [9.17, 15) is 0 Å². The lowest BCUT2D eigenvalue weighted by atomic mass is 10.1. The van der Waals surface area contributed by atoms with Gasteiger partial charge < -0.3 is 0 Å². The number of halogens is 2. The zero-order chi connectivity index (χ0) is 10.8. The van der Waals surface area contributed by atoms with Gasteiger partial charge in [-0.3, -0.25) is 5.84 Å². The third kappa shape index (κ3) is 2.35. The molecule has 3 N–H and O–H groups in total. The molecule has 1 atom stereocenters. The number of hydrogen-bond donors (Lipinski definition) is 2. The van der Waals surface area contributed by atoms with Crippen molar-refractivity contribution in [2.45, 2.75) is 6.04 Å². The Kier molecular flexibility index (Phi) is 3.98. The van der Waals surface area contributed by atoms with Crippen LogP contribution in [0.15, 0.2) is 31.2 Å². The second-order valence-corrected chi connectivity index (χ2v) is 6.31. The first kappa shape index (κ1) is 11.8. The van der Waals surface area contributed by atoms with Gasteiger partial charge in [-0.1, -0.05) is 0 Å². The lowest BCUT2D eigenvalue weighted by Crippen LogP contribution is -2.28. The Morgan fingerprint density at radius 1 is 1.27 bits per heavy atom. The molecule has 1 unspecified atom stereocenters. The Bertz CT molecular complexity index is 412. The largest absolute Gasteiger partial charge is 0.271 e. The van der Waals surface area contributed by atoms with E-state index in [4.69, 9.17) is 5.84 Å². The van der Waals surface area contributed by atoms with Gasteiger partial charge in [0.15, 0.2) is 0 Å². The Morgan fingerprint density at radius 3 is 2.53 bits per heavy atom. The summed E-state index contributed by atoms with van der Waals surface area (Å²) >= 11 is 10.4. The molecule has 0 saturated heterocycles. The summed E-state index contributed by atoms with van der Waals surface area (Å²) in [5.41, 5.74) is 4.02. The normalized spacial score (nSPS) is 13.0. The number of hydrazine groups is 1. The van der Waals surface area contributed by atoms with Crippen molar-refractivity contribution in [1.82, 2.24) is 5.43 Å². The minimum absolute atomic E-state index is 0.0417. The fraction of sp³-hybridized carbons (Fsp3) is 0.111. The maximum atomic E-state index is 5.61. The first-order valence-corrected chi connectivity index (χ1v) is 7.55. The van der Waals surface area contributed by atoms with Gasteiger partial charge in [-0.15, -0.1) is 11.3 Å². The summed E-state index contributed by atoms with van der Waals surface area (Å²) in [7, 11) is 0. The summed E-state index contributed by atoms with van der Waals surface area (Å²) in [4.78, 5) is 1.19. The Labute approximate surface area is 113 Å². The van der Waals surface area contributed by atoms with Gasteiger partial charge in [-0.05, 0) is 48.7 Å². The average molecular weight is 368 g/mol. The van der Waals surface area contributed by atoms with Crippen LogP contribution in [0.2, 0.25) is 0 Å². The van der Waals surface area contributed by atoms with Crippen molar-refractivity contribution in [3.05, 3.63) is 41.6 Å². The molecule has 0 aliphatic rings. The van der Waals surface area contributed by atoms with Crippen molar-refractivity contribution in [3.63, 3.8) is 0 Å². The van der Waals surface area contributed by atoms with Gasteiger partial charge in [0, 0.05) is 24.8 Å². The maximum absolute atomic E-state index is 5.61. The molecular formula is C9H8Br2N2S2. The molecule has 80 valence electrons. The van der Waals surface area contributed by atoms with Crippen molar-refractivity contribution < 1.29 is 0 Å². The molecule has 2 rings (SSSR count). The molecule has 0 bridgehead atoms. The first-order chi connectivity index (χ1) is 7.24. The van der Waals surface area contributed by atoms with Crippen molar-refractivity contribution >= 4 is 54.5 Å². The van der Waals surface area contributed by atoms with E-state index in [1.54, 1.807) is 22.7 Å². The third-order valence-corrected chi connectivity index (χ3v) is 5.71. The van der Waals surface area contributed by atoms with Gasteiger partial charge in [0.25, 0.3) is 0 Å². The number of thiophene rings is 2. The van der Waals surface area contributed by atoms with Crippen molar-refractivity contribution in [3.8, 4) is 0 Å². The molecule has 2 aromatic heterocycles. The van der Waals surface area contributed by atoms with Gasteiger partial charge >= 0.3 is 0 Å². The fourth-order valence-electron chi connectivity index (χ4n) is 1.32. The van der Waals surface area contributed by atoms with Crippen LogP contribution >= 0.6 is 54.5 Å². The molecule has 0 aliphatic heterocycles. The summed E-state index contributed by atoms with van der Waals surface area (Å²) in [6.07, 6.45) is 0. The van der Waals surface area contributed by atoms with Crippen LogP contribution in [0.4, 0.5) is 0 Å². The highest BCUT2D eigenvalue weighted by molar-refractivity contribution is 9.11. The molecule has 0 amide bonds. The SMILES string of the molecule is NNC(c1cscc1Br)c1sccc1Br. The lowest BCUT2D eigenvalue weighted by Gasteiger charge is -2.14. The van der Waals surface area contributed by atoms with E-state index in [2.05, 4.69) is 48.0 Å². The molecular weight excluding hydrogens is 360 g/mol. The molecule has 0 fully saturated rings. The van der Waals surface area contributed by atoms with Crippen LogP contribution in [0.1, 0.15) is 16.5 Å². The lowest BCUT2D eigenvalue weighted by molar-refractivity contribution is 0.644. The zero-order valence-electron chi connectivity index (χ0n) is 7.54. The van der Waals surface area contributed by atoms with Crippen molar-refractivity contribution in [1.29, 1.82) is 0 Å². The number of nitrogens with one attached hydrogen (secondary N) is 1. The highest BCUT2D eigenvalue weighted by Crippen LogP contribution is 2.36. The van der Waals surface area contributed by atoms with Crippen LogP contribution < -0.4 is 11.3 Å². The summed E-state index contributed by atoms with van der Waals surface area (Å²) < 4.78 is 2.18. The monoisotopic (exact) mass is 366 g/mol. The molecule has 0 aromatic carbocycles. The second kappa shape index (κ2) is 5.07. The van der Waals surface area contributed by atoms with Crippen LogP contribution in [-0.2, 0) is 0 Å². The van der Waals surface area contributed by atoms with Crippen LogP contribution in [0.25, 0.3) is 0 Å². The van der Waals surface area contributed by atoms with Crippen molar-refractivity contribution in [2.75, 3.05) is 0 Å². The Balaban J connectivity index is 2.41. The summed E-state index contributed by atoms with van der Waals surface area (Å²) in [6.45, 7) is 0. The minimum atomic E-state index is 0.0417. The number of rotatable bonds is 3. The average Bonchev–Trinajstić information content (AvgIpc) is 2.80. The van der Waals surface area contributed by atoms with Gasteiger partial charge in [0.2, 0.25) is 0 Å². The predicted molar refractivity (Wildman–Crippen MR) is 73.2 cm³/mol. The second-order valence-electron chi connectivity index (χ2n) is 2.91. The molecule has 0 radical (unpaired) electrons. The van der Waals surface area contributed by atoms with E-state index in [0.29, 0.717) is 0 Å². The van der Waals surface area contributed by atoms with E-state index < -0.39 is 0 Å². The summed E-state index contributed by atoms with van der Waals surface area (Å²) in [5.74, 6) is 5.61. The third-order valence-electron chi connectivity index (χ3n) is 2.03. The van der Waals surface area contributed by atoms with Crippen LogP contribution in [0.5, 0.6) is 0 Å². The smallest absolute Gasteiger partial charge is 0.0832 e. The summed E-state index contributed by atoms with van der Waals surface area (Å²) in [5, 5.41) is 6.20. The number of nitrogens with two attached hydrogens (primary N) is 1. The topological polar surface area (TPSA) is 38.0 Å². The van der Waals surface area contributed by atoms with Gasteiger partial charge in [-0.2, -0.15) is 11.3 Å². The molecule has 6 heteroatoms. The fourth-order valence-corrected chi connectivity index (χ4v) is 4.55. The molecule has 0 aliphatic carbocycles. The Hall–Kier alpha value is 0.280. The van der Waals surface area contributed by atoms with Gasteiger partial charge in [0.05, 0.1) is 6.04 Å². The highest BCUT2D eigenvalue weighted by atomic mass is 79.9. The van der Waals surface area contributed by atoms with E-state index >= 15 is 0 Å². The minimum Gasteiger partial charge on any atom is -0.271 e. The molecule has 0 saturated carbocycles. The van der Waals surface area contributed by atoms with E-state index in [-0.39, 0.29) is 6.04 Å². The van der Waals surface area contributed by atoms with E-state index in [1.807, 2.05) is 11.4 Å². The van der Waals surface area contributed by atoms with E-state index in [1.165, 1.54) is 10.4 Å². The molecule has 0 spiro atoms. The predicted octanol–water partition coefficient (Wildman–Crippen LogP) is 3.89. The van der Waals surface area contributed by atoms with Gasteiger partial charge in [-0.25, -0.2) is 5.43 Å². The van der Waals surface area contributed by atoms with Gasteiger partial charge in [0.1, 0.15) is 0 Å². The molecule has 15 heavy (non-hydrogen) atoms. The molecule has 2 heterocycles. The quantitative estimate of drug-likeness (QED) is 0.638. The van der Waals surface area contributed by atoms with E-state index in [0.717, 1.165) is 8.95 Å². The standard InChI is InChI=1S/C9H8Br2N2S2/c10-6-1-2-15-9(6)8(13-12)5-3-14-4-7(5)11/h1-4,8,13H,12H2. The maximum Gasteiger partial charge on any atom is 0.0832 e. The molecule has 2 aromatic rings. The summed E-state index contributed by atoms with van der Waals surface area (Å²) in [6, 6.07) is 2.07. The zero-order valence-corrected chi connectivity index (χ0v) is 12.3. The number of hydrogen-bond acceptors (Lipinski definition) is 4. The first-order valence-electron chi connectivity index (χ1n) is 4.14. The van der Waals surface area contributed by atoms with Crippen LogP contribution in [-0.4, -0.2) is 0 Å². The van der Waals surface area contributed by atoms with Crippen LogP contribution in [0.3, 0.4) is 0 Å². The Morgan fingerprint density at radius 2 is 2.07 bits per heavy atom.